The maximum absolute atomic E-state index is 10.6. The zero-order valence-corrected chi connectivity index (χ0v) is 7.17. The highest BCUT2D eigenvalue weighted by Gasteiger charge is 2.18. The van der Waals surface area contributed by atoms with Crippen molar-refractivity contribution in [3.05, 3.63) is 44.0 Å². The normalized spacial score (nSPS) is 9.60. The molecule has 0 bridgehead atoms. The minimum atomic E-state index is -1.21. The molecule has 0 atom stereocenters. The number of amides is 1. The van der Waals surface area contributed by atoms with E-state index in [4.69, 9.17) is 5.73 Å². The summed E-state index contributed by atoms with van der Waals surface area (Å²) in [6.07, 6.45) is 0. The Hall–Kier alpha value is -2.51. The second-order valence-corrected chi connectivity index (χ2v) is 2.58. The van der Waals surface area contributed by atoms with Crippen molar-refractivity contribution in [2.24, 2.45) is 0 Å². The summed E-state index contributed by atoms with van der Waals surface area (Å²) in [6.45, 7) is 0. The van der Waals surface area contributed by atoms with E-state index in [1.54, 1.807) is 0 Å². The van der Waals surface area contributed by atoms with Crippen LogP contribution in [0, 0.1) is 20.2 Å². The quantitative estimate of drug-likeness (QED) is 0.541. The van der Waals surface area contributed by atoms with Crippen LogP contribution in [0.3, 0.4) is 0 Å². The fourth-order valence-electron chi connectivity index (χ4n) is 0.937. The molecule has 8 nitrogen and oxygen atoms in total. The van der Waals surface area contributed by atoms with Gasteiger partial charge in [0.15, 0.2) is 0 Å². The number of rotatable bonds is 3. The summed E-state index contributed by atoms with van der Waals surface area (Å²) in [4.78, 5) is 29.6. The molecule has 77 valence electrons. The first kappa shape index (κ1) is 10.6. The minimum absolute atomic E-state index is 0.379. The van der Waals surface area contributed by atoms with Crippen molar-refractivity contribution >= 4 is 17.3 Å². The smallest absolute Gasteiger partial charge is 0.267 e. The molecule has 0 saturated heterocycles. The molecule has 1 amide bonds. The summed E-state index contributed by atoms with van der Waals surface area (Å²) >= 11 is 0. The van der Waals surface area contributed by atoms with Crippen LogP contribution in [0.2, 0.25) is 0 Å². The standard InChI is InChI=1S/C7H4N3O5/c8-7(11)4-1-5(9(12)13)3-6(2-4)10(14)15/h1-3,8H. The predicted octanol–water partition coefficient (Wildman–Crippen LogP) is 0.926. The number of nitro benzene ring substituents is 2. The van der Waals surface area contributed by atoms with Crippen molar-refractivity contribution in [2.75, 3.05) is 0 Å². The molecule has 1 aromatic rings. The van der Waals surface area contributed by atoms with E-state index < -0.39 is 27.1 Å². The maximum Gasteiger partial charge on any atom is 0.277 e. The minimum Gasteiger partial charge on any atom is -0.267 e. The lowest BCUT2D eigenvalue weighted by Gasteiger charge is -1.96. The molecule has 0 aliphatic rings. The Morgan fingerprint density at radius 3 is 1.73 bits per heavy atom. The highest BCUT2D eigenvalue weighted by atomic mass is 16.6. The second-order valence-electron chi connectivity index (χ2n) is 2.58. The average Bonchev–Trinajstić information content (AvgIpc) is 2.16. The largest absolute Gasteiger partial charge is 0.277 e. The molecule has 1 aromatic carbocycles. The predicted molar refractivity (Wildman–Crippen MR) is 47.2 cm³/mol. The van der Waals surface area contributed by atoms with Crippen LogP contribution >= 0.6 is 0 Å². The van der Waals surface area contributed by atoms with Gasteiger partial charge in [0.25, 0.3) is 17.3 Å². The van der Waals surface area contributed by atoms with Gasteiger partial charge in [0, 0.05) is 12.1 Å². The molecule has 8 heteroatoms. The van der Waals surface area contributed by atoms with Crippen molar-refractivity contribution in [2.45, 2.75) is 0 Å². The number of carbonyl (C=O) groups excluding carboxylic acids is 1. The fourth-order valence-corrected chi connectivity index (χ4v) is 0.937. The van der Waals surface area contributed by atoms with Gasteiger partial charge in [-0.15, -0.1) is 0 Å². The van der Waals surface area contributed by atoms with E-state index in [9.17, 15) is 25.0 Å². The van der Waals surface area contributed by atoms with Gasteiger partial charge in [-0.2, -0.15) is 0 Å². The van der Waals surface area contributed by atoms with Gasteiger partial charge in [0.2, 0.25) is 0 Å². The van der Waals surface area contributed by atoms with E-state index in [0.29, 0.717) is 0 Å². The molecule has 1 rings (SSSR count). The number of non-ortho nitro benzene ring substituents is 2. The van der Waals surface area contributed by atoms with E-state index in [1.165, 1.54) is 0 Å². The first-order chi connectivity index (χ1) is 6.91. The van der Waals surface area contributed by atoms with E-state index in [2.05, 4.69) is 0 Å². The van der Waals surface area contributed by atoms with Crippen molar-refractivity contribution in [1.82, 2.24) is 5.73 Å². The number of nitrogens with one attached hydrogen (secondary N) is 1. The first-order valence-corrected chi connectivity index (χ1v) is 3.61. The Balaban J connectivity index is 3.39. The zero-order valence-electron chi connectivity index (χ0n) is 7.17. The molecular formula is C7H4N3O5. The van der Waals surface area contributed by atoms with Crippen LogP contribution in [0.1, 0.15) is 10.4 Å². The van der Waals surface area contributed by atoms with Gasteiger partial charge >= 0.3 is 0 Å². The fraction of sp³-hybridized carbons (Fsp3) is 0. The van der Waals surface area contributed by atoms with Gasteiger partial charge in [0.1, 0.15) is 0 Å². The number of carbonyl (C=O) groups is 1. The second kappa shape index (κ2) is 3.70. The summed E-state index contributed by atoms with van der Waals surface area (Å²) in [5.41, 5.74) is 5.16. The molecule has 0 heterocycles. The highest BCUT2D eigenvalue weighted by molar-refractivity contribution is 5.93. The Kier molecular flexibility index (Phi) is 2.61. The lowest BCUT2D eigenvalue weighted by Crippen LogP contribution is -2.02. The van der Waals surface area contributed by atoms with E-state index in [1.807, 2.05) is 0 Å². The molecule has 0 saturated carbocycles. The lowest BCUT2D eigenvalue weighted by atomic mass is 10.1. The molecule has 0 aliphatic heterocycles. The van der Waals surface area contributed by atoms with E-state index >= 15 is 0 Å². The highest BCUT2D eigenvalue weighted by Crippen LogP contribution is 2.22. The number of benzene rings is 1. The SMILES string of the molecule is [NH]C(=O)c1cc([N+](=O)[O-])cc([N+](=O)[O-])c1. The lowest BCUT2D eigenvalue weighted by molar-refractivity contribution is -0.394. The van der Waals surface area contributed by atoms with Crippen molar-refractivity contribution < 1.29 is 14.6 Å². The number of hydrogen-bond donors (Lipinski definition) is 0. The van der Waals surface area contributed by atoms with Gasteiger partial charge in [-0.25, -0.2) is 0 Å². The monoisotopic (exact) mass is 210 g/mol. The Morgan fingerprint density at radius 2 is 1.47 bits per heavy atom. The van der Waals surface area contributed by atoms with Gasteiger partial charge in [0.05, 0.1) is 21.5 Å². The van der Waals surface area contributed by atoms with Crippen molar-refractivity contribution in [1.29, 1.82) is 0 Å². The third-order valence-electron chi connectivity index (χ3n) is 1.59. The molecule has 1 radical (unpaired) electrons. The number of hydrogen-bond acceptors (Lipinski definition) is 5. The summed E-state index contributed by atoms with van der Waals surface area (Å²) in [5, 5.41) is 20.7. The molecule has 15 heavy (non-hydrogen) atoms. The van der Waals surface area contributed by atoms with Crippen LogP contribution in [-0.4, -0.2) is 15.8 Å². The Labute approximate surface area is 82.6 Å². The van der Waals surface area contributed by atoms with Gasteiger partial charge in [-0.1, -0.05) is 0 Å². The van der Waals surface area contributed by atoms with Crippen LogP contribution < -0.4 is 5.73 Å². The summed E-state index contributed by atoms with van der Waals surface area (Å²) < 4.78 is 0. The molecule has 1 N–H and O–H groups in total. The molecule has 0 unspecified atom stereocenters. The molecule has 0 spiro atoms. The van der Waals surface area contributed by atoms with Crippen molar-refractivity contribution in [3.63, 3.8) is 0 Å². The first-order valence-electron chi connectivity index (χ1n) is 3.61. The Morgan fingerprint density at radius 1 is 1.07 bits per heavy atom. The topological polar surface area (TPSA) is 127 Å². The van der Waals surface area contributed by atoms with Crippen LogP contribution in [-0.2, 0) is 0 Å². The average molecular weight is 210 g/mol. The Bertz CT molecular complexity index is 377. The van der Waals surface area contributed by atoms with Crippen molar-refractivity contribution in [3.8, 4) is 0 Å². The maximum atomic E-state index is 10.6. The summed E-state index contributed by atoms with van der Waals surface area (Å²) in [5.74, 6) is -1.21. The third-order valence-corrected chi connectivity index (χ3v) is 1.59. The van der Waals surface area contributed by atoms with Crippen LogP contribution in [0.15, 0.2) is 18.2 Å². The van der Waals surface area contributed by atoms with Crippen LogP contribution in [0.25, 0.3) is 0 Å². The number of nitrogens with zero attached hydrogens (tertiary/aromatic N) is 2. The number of nitro groups is 2. The van der Waals surface area contributed by atoms with E-state index in [0.717, 1.165) is 18.2 Å². The van der Waals surface area contributed by atoms with Gasteiger partial charge in [-0.3, -0.25) is 30.8 Å². The van der Waals surface area contributed by atoms with Gasteiger partial charge < -0.3 is 0 Å². The zero-order chi connectivity index (χ0) is 11.6. The summed E-state index contributed by atoms with van der Waals surface area (Å²) in [6, 6.07) is 2.37. The van der Waals surface area contributed by atoms with Gasteiger partial charge in [-0.05, 0) is 0 Å². The van der Waals surface area contributed by atoms with E-state index in [-0.39, 0.29) is 5.56 Å². The molecular weight excluding hydrogens is 206 g/mol. The van der Waals surface area contributed by atoms with Crippen LogP contribution in [0.5, 0.6) is 0 Å². The molecule has 0 fully saturated rings. The summed E-state index contributed by atoms with van der Waals surface area (Å²) in [7, 11) is 0. The third kappa shape index (κ3) is 2.24. The van der Waals surface area contributed by atoms with Crippen LogP contribution in [0.4, 0.5) is 11.4 Å². The molecule has 0 aromatic heterocycles. The molecule has 0 aliphatic carbocycles.